The minimum absolute atomic E-state index is 0.0576. The molecule has 0 aromatic heterocycles. The summed E-state index contributed by atoms with van der Waals surface area (Å²) in [5.41, 5.74) is -0.594. The number of carbonyl (C=O) groups excluding carboxylic acids is 1. The normalized spacial score (nSPS) is 14.0. The summed E-state index contributed by atoms with van der Waals surface area (Å²) in [6.45, 7) is 0.502. The summed E-state index contributed by atoms with van der Waals surface area (Å²) in [4.78, 5) is 22.0. The molecule has 102 valence electrons. The van der Waals surface area contributed by atoms with Crippen LogP contribution in [0, 0.1) is 21.8 Å². The van der Waals surface area contributed by atoms with Crippen molar-refractivity contribution in [3.8, 4) is 0 Å². The molecule has 2 rings (SSSR count). The van der Waals surface area contributed by atoms with Crippen LogP contribution in [0.4, 0.5) is 15.8 Å². The Balaban J connectivity index is 2.28. The number of hydrogen-bond donors (Lipinski definition) is 2. The lowest BCUT2D eigenvalue weighted by Crippen LogP contribution is -2.26. The highest BCUT2D eigenvalue weighted by atomic mass is 19.1. The van der Waals surface area contributed by atoms with Crippen molar-refractivity contribution in [1.29, 1.82) is 0 Å². The van der Waals surface area contributed by atoms with Crippen LogP contribution in [-0.4, -0.2) is 24.4 Å². The van der Waals surface area contributed by atoms with Crippen molar-refractivity contribution in [2.24, 2.45) is 5.92 Å². The minimum atomic E-state index is -0.757. The van der Waals surface area contributed by atoms with Crippen LogP contribution in [0.5, 0.6) is 0 Å². The fourth-order valence-electron chi connectivity index (χ4n) is 1.74. The molecule has 2 N–H and O–H groups in total. The van der Waals surface area contributed by atoms with E-state index in [0.717, 1.165) is 25.0 Å². The van der Waals surface area contributed by atoms with E-state index in [9.17, 15) is 19.3 Å². The van der Waals surface area contributed by atoms with Crippen LogP contribution in [-0.2, 0) is 0 Å². The highest BCUT2D eigenvalue weighted by molar-refractivity contribution is 5.99. The fourth-order valence-corrected chi connectivity index (χ4v) is 1.74. The first kappa shape index (κ1) is 13.3. The number of nitro groups is 1. The van der Waals surface area contributed by atoms with E-state index in [0.29, 0.717) is 12.5 Å². The van der Waals surface area contributed by atoms with Gasteiger partial charge in [-0.2, -0.15) is 0 Å². The Hall–Kier alpha value is -2.18. The highest BCUT2D eigenvalue weighted by Gasteiger charge is 2.26. The molecule has 0 spiro atoms. The number of hydrogen-bond acceptors (Lipinski definition) is 4. The molecule has 1 aliphatic rings. The van der Waals surface area contributed by atoms with Crippen molar-refractivity contribution in [1.82, 2.24) is 5.32 Å². The van der Waals surface area contributed by atoms with Crippen LogP contribution in [0.15, 0.2) is 12.1 Å². The summed E-state index contributed by atoms with van der Waals surface area (Å²) in [6, 6.07) is 1.92. The molecule has 1 aromatic rings. The van der Waals surface area contributed by atoms with Gasteiger partial charge in [0, 0.05) is 13.6 Å². The van der Waals surface area contributed by atoms with Gasteiger partial charge in [-0.3, -0.25) is 14.9 Å². The van der Waals surface area contributed by atoms with Crippen molar-refractivity contribution in [3.63, 3.8) is 0 Å². The first-order valence-corrected chi connectivity index (χ1v) is 5.96. The number of halogens is 1. The van der Waals surface area contributed by atoms with Crippen molar-refractivity contribution >= 4 is 17.3 Å². The minimum Gasteiger partial charge on any atom is -0.386 e. The third-order valence-corrected chi connectivity index (χ3v) is 3.04. The fraction of sp³-hybridized carbons (Fsp3) is 0.417. The maximum Gasteiger partial charge on any atom is 0.285 e. The van der Waals surface area contributed by atoms with Gasteiger partial charge in [0.25, 0.3) is 11.6 Å². The monoisotopic (exact) mass is 267 g/mol. The number of nitrogens with zero attached hydrogens (tertiary/aromatic N) is 1. The highest BCUT2D eigenvalue weighted by Crippen LogP contribution is 2.29. The molecule has 1 aromatic carbocycles. The molecule has 7 heteroatoms. The van der Waals surface area contributed by atoms with E-state index in [-0.39, 0.29) is 11.3 Å². The molecule has 19 heavy (non-hydrogen) atoms. The molecule has 0 atom stereocenters. The van der Waals surface area contributed by atoms with Crippen molar-refractivity contribution in [2.75, 3.05) is 18.9 Å². The summed E-state index contributed by atoms with van der Waals surface area (Å²) in [5.74, 6) is -0.838. The van der Waals surface area contributed by atoms with Gasteiger partial charge in [-0.1, -0.05) is 0 Å². The first-order valence-electron chi connectivity index (χ1n) is 5.96. The van der Waals surface area contributed by atoms with Crippen molar-refractivity contribution in [2.45, 2.75) is 12.8 Å². The molecule has 0 bridgehead atoms. The average molecular weight is 267 g/mol. The van der Waals surface area contributed by atoms with Crippen LogP contribution in [0.2, 0.25) is 0 Å². The Morgan fingerprint density at radius 1 is 1.53 bits per heavy atom. The van der Waals surface area contributed by atoms with E-state index in [2.05, 4.69) is 10.6 Å². The molecule has 0 aliphatic heterocycles. The maximum atomic E-state index is 13.5. The molecule has 0 unspecified atom stereocenters. The summed E-state index contributed by atoms with van der Waals surface area (Å²) < 4.78 is 13.5. The van der Waals surface area contributed by atoms with Gasteiger partial charge in [0.05, 0.1) is 16.7 Å². The zero-order valence-corrected chi connectivity index (χ0v) is 10.4. The summed E-state index contributed by atoms with van der Waals surface area (Å²) in [6.07, 6.45) is 2.13. The molecular weight excluding hydrogens is 253 g/mol. The smallest absolute Gasteiger partial charge is 0.285 e. The molecule has 1 saturated carbocycles. The Kier molecular flexibility index (Phi) is 3.64. The standard InChI is InChI=1S/C12H14FN3O3/c1-14-10-4-8(11(16(18)19)5-9(10)13)12(17)15-6-7-2-3-7/h4-5,7,14H,2-3,6H2,1H3,(H,15,17). The van der Waals surface area contributed by atoms with Crippen LogP contribution >= 0.6 is 0 Å². The molecule has 0 radical (unpaired) electrons. The van der Waals surface area contributed by atoms with E-state index in [1.165, 1.54) is 7.05 Å². The Morgan fingerprint density at radius 3 is 2.74 bits per heavy atom. The van der Waals surface area contributed by atoms with Crippen LogP contribution in [0.3, 0.4) is 0 Å². The molecule has 6 nitrogen and oxygen atoms in total. The van der Waals surface area contributed by atoms with Gasteiger partial charge in [0.2, 0.25) is 0 Å². The topological polar surface area (TPSA) is 84.3 Å². The van der Waals surface area contributed by atoms with E-state index >= 15 is 0 Å². The number of nitrogens with one attached hydrogen (secondary N) is 2. The maximum absolute atomic E-state index is 13.5. The van der Waals surface area contributed by atoms with Gasteiger partial charge in [0.1, 0.15) is 5.56 Å². The van der Waals surface area contributed by atoms with E-state index in [4.69, 9.17) is 0 Å². The number of amides is 1. The van der Waals surface area contributed by atoms with Crippen LogP contribution in [0.1, 0.15) is 23.2 Å². The third-order valence-electron chi connectivity index (χ3n) is 3.04. The molecule has 0 saturated heterocycles. The lowest BCUT2D eigenvalue weighted by atomic mass is 10.1. The van der Waals surface area contributed by atoms with Gasteiger partial charge in [-0.05, 0) is 24.8 Å². The second-order valence-corrected chi connectivity index (χ2v) is 4.51. The number of carbonyl (C=O) groups is 1. The number of nitro benzene ring substituents is 1. The first-order chi connectivity index (χ1) is 9.02. The van der Waals surface area contributed by atoms with Crippen molar-refractivity contribution < 1.29 is 14.1 Å². The zero-order chi connectivity index (χ0) is 14.0. The quantitative estimate of drug-likeness (QED) is 0.630. The zero-order valence-electron chi connectivity index (χ0n) is 10.4. The second-order valence-electron chi connectivity index (χ2n) is 4.51. The molecule has 1 fully saturated rings. The SMILES string of the molecule is CNc1cc(C(=O)NCC2CC2)c([N+](=O)[O-])cc1F. The average Bonchev–Trinajstić information content (AvgIpc) is 3.19. The van der Waals surface area contributed by atoms with Gasteiger partial charge < -0.3 is 10.6 Å². The Labute approximate surface area is 109 Å². The number of benzene rings is 1. The predicted octanol–water partition coefficient (Wildman–Crippen LogP) is 1.92. The third kappa shape index (κ3) is 2.98. The van der Waals surface area contributed by atoms with Crippen LogP contribution in [0.25, 0.3) is 0 Å². The Bertz CT molecular complexity index is 529. The van der Waals surface area contributed by atoms with Gasteiger partial charge in [-0.15, -0.1) is 0 Å². The van der Waals surface area contributed by atoms with E-state index < -0.39 is 22.3 Å². The predicted molar refractivity (Wildman–Crippen MR) is 67.7 cm³/mol. The lowest BCUT2D eigenvalue weighted by molar-refractivity contribution is -0.385. The molecule has 1 aliphatic carbocycles. The van der Waals surface area contributed by atoms with Crippen LogP contribution < -0.4 is 10.6 Å². The number of anilines is 1. The molecule has 0 heterocycles. The summed E-state index contributed by atoms with van der Waals surface area (Å²) in [5, 5.41) is 16.1. The van der Waals surface area contributed by atoms with E-state index in [1.54, 1.807) is 0 Å². The second kappa shape index (κ2) is 5.21. The van der Waals surface area contributed by atoms with Crippen molar-refractivity contribution in [3.05, 3.63) is 33.6 Å². The van der Waals surface area contributed by atoms with Gasteiger partial charge >= 0.3 is 0 Å². The summed E-state index contributed by atoms with van der Waals surface area (Å²) >= 11 is 0. The van der Waals surface area contributed by atoms with Gasteiger partial charge in [0.15, 0.2) is 5.82 Å². The van der Waals surface area contributed by atoms with Gasteiger partial charge in [-0.25, -0.2) is 4.39 Å². The number of rotatable bonds is 5. The van der Waals surface area contributed by atoms with E-state index in [1.807, 2.05) is 0 Å². The largest absolute Gasteiger partial charge is 0.386 e. The summed E-state index contributed by atoms with van der Waals surface area (Å²) in [7, 11) is 1.48. The Morgan fingerprint density at radius 2 is 2.21 bits per heavy atom. The molecular formula is C12H14FN3O3. The lowest BCUT2D eigenvalue weighted by Gasteiger charge is -2.08. The molecule has 1 amide bonds.